The highest BCUT2D eigenvalue weighted by Gasteiger charge is 2.07. The van der Waals surface area contributed by atoms with E-state index in [1.54, 1.807) is 10.9 Å². The number of ketones is 1. The smallest absolute Gasteiger partial charge is 0.197 e. The molecule has 7 heteroatoms. The molecule has 0 aromatic carbocycles. The molecule has 0 spiro atoms. The number of aromatic amines is 1. The Bertz CT molecular complexity index is 678. The molecule has 0 bridgehead atoms. The van der Waals surface area contributed by atoms with E-state index < -0.39 is 0 Å². The highest BCUT2D eigenvalue weighted by atomic mass is 16.1. The summed E-state index contributed by atoms with van der Waals surface area (Å²) >= 11 is 0. The van der Waals surface area contributed by atoms with Crippen molar-refractivity contribution in [3.05, 3.63) is 23.8 Å². The van der Waals surface area contributed by atoms with Crippen LogP contribution < -0.4 is 5.73 Å². The van der Waals surface area contributed by atoms with Gasteiger partial charge in [-0.3, -0.25) is 4.79 Å². The molecule has 2 heterocycles. The Morgan fingerprint density at radius 1 is 1.04 bits per heavy atom. The summed E-state index contributed by atoms with van der Waals surface area (Å²) < 4.78 is 1.67. The molecular formula is C21H36N6O. The summed E-state index contributed by atoms with van der Waals surface area (Å²) in [6, 6.07) is 0. The maximum atomic E-state index is 12.1. The predicted molar refractivity (Wildman–Crippen MR) is 112 cm³/mol. The number of rotatable bonds is 16. The number of aryl methyl sites for hydroxylation is 2. The number of nitrogens with zero attached hydrogens (tertiary/aromatic N) is 4. The minimum absolute atomic E-state index is 0.243. The average molecular weight is 389 g/mol. The molecule has 2 rings (SSSR count). The molecule has 0 amide bonds. The second kappa shape index (κ2) is 13.1. The van der Waals surface area contributed by atoms with E-state index in [-0.39, 0.29) is 5.78 Å². The van der Waals surface area contributed by atoms with E-state index in [1.807, 2.05) is 6.20 Å². The summed E-state index contributed by atoms with van der Waals surface area (Å²) in [7, 11) is 0. The second-order valence-electron chi connectivity index (χ2n) is 7.67. The van der Waals surface area contributed by atoms with Crippen LogP contribution in [0.25, 0.3) is 0 Å². The lowest BCUT2D eigenvalue weighted by Gasteiger charge is -2.02. The molecule has 0 aliphatic heterocycles. The molecule has 28 heavy (non-hydrogen) atoms. The van der Waals surface area contributed by atoms with Gasteiger partial charge in [-0.2, -0.15) is 0 Å². The normalized spacial score (nSPS) is 11.2. The van der Waals surface area contributed by atoms with Crippen LogP contribution in [0.2, 0.25) is 0 Å². The lowest BCUT2D eigenvalue weighted by atomic mass is 10.1. The first-order chi connectivity index (χ1) is 13.7. The van der Waals surface area contributed by atoms with E-state index in [1.165, 1.54) is 44.9 Å². The van der Waals surface area contributed by atoms with Gasteiger partial charge in [0.1, 0.15) is 6.54 Å². The number of anilines is 1. The number of carbonyl (C=O) groups excluding carboxylic acids is 1. The second-order valence-corrected chi connectivity index (χ2v) is 7.67. The van der Waals surface area contributed by atoms with Gasteiger partial charge >= 0.3 is 0 Å². The van der Waals surface area contributed by atoms with Gasteiger partial charge in [0.15, 0.2) is 11.7 Å². The van der Waals surface area contributed by atoms with Crippen molar-refractivity contribution in [2.24, 2.45) is 0 Å². The molecule has 0 aliphatic rings. The summed E-state index contributed by atoms with van der Waals surface area (Å²) in [4.78, 5) is 19.1. The van der Waals surface area contributed by atoms with E-state index >= 15 is 0 Å². The van der Waals surface area contributed by atoms with E-state index in [2.05, 4.69) is 27.2 Å². The fourth-order valence-corrected chi connectivity index (χ4v) is 3.39. The quantitative estimate of drug-likeness (QED) is 0.419. The molecule has 2 aromatic rings. The van der Waals surface area contributed by atoms with Gasteiger partial charge in [-0.25, -0.2) is 9.67 Å². The number of Topliss-reactive ketones (excluding diaryl/α,β-unsaturated/α-hetero) is 1. The first-order valence-electron chi connectivity index (χ1n) is 10.9. The van der Waals surface area contributed by atoms with Crippen LogP contribution in [0.3, 0.4) is 0 Å². The third-order valence-electron chi connectivity index (χ3n) is 5.01. The molecule has 0 atom stereocenters. The minimum Gasteiger partial charge on any atom is -0.369 e. The number of hydrogen-bond donors (Lipinski definition) is 2. The van der Waals surface area contributed by atoms with Crippen LogP contribution >= 0.6 is 0 Å². The van der Waals surface area contributed by atoms with Gasteiger partial charge in [-0.05, 0) is 25.7 Å². The average Bonchev–Trinajstić information content (AvgIpc) is 3.29. The first kappa shape index (κ1) is 22.1. The van der Waals surface area contributed by atoms with E-state index in [0.29, 0.717) is 18.9 Å². The van der Waals surface area contributed by atoms with Crippen LogP contribution in [0, 0.1) is 0 Å². The topological polar surface area (TPSA) is 102 Å². The van der Waals surface area contributed by atoms with Crippen LogP contribution in [0.15, 0.2) is 12.4 Å². The number of nitrogen functional groups attached to an aromatic ring is 1. The fourth-order valence-electron chi connectivity index (χ4n) is 3.39. The van der Waals surface area contributed by atoms with Crippen LogP contribution in [0.1, 0.15) is 88.9 Å². The highest BCUT2D eigenvalue weighted by molar-refractivity contribution is 5.77. The zero-order chi connectivity index (χ0) is 20.0. The molecule has 156 valence electrons. The Morgan fingerprint density at radius 2 is 1.75 bits per heavy atom. The maximum absolute atomic E-state index is 12.1. The Kier molecular flexibility index (Phi) is 10.3. The zero-order valence-corrected chi connectivity index (χ0v) is 17.3. The molecule has 2 aromatic heterocycles. The van der Waals surface area contributed by atoms with Crippen molar-refractivity contribution in [3.63, 3.8) is 0 Å². The number of nitrogens with two attached hydrogens (primary N) is 1. The third kappa shape index (κ3) is 9.15. The minimum atomic E-state index is 0.243. The van der Waals surface area contributed by atoms with Crippen molar-refractivity contribution in [2.75, 3.05) is 5.73 Å². The largest absolute Gasteiger partial charge is 0.369 e. The van der Waals surface area contributed by atoms with Crippen molar-refractivity contribution in [1.82, 2.24) is 25.0 Å². The molecule has 0 unspecified atom stereocenters. The molecule has 0 fully saturated rings. The number of nitrogens with one attached hydrogen (secondary N) is 1. The number of carbonyl (C=O) groups is 1. The van der Waals surface area contributed by atoms with Gasteiger partial charge in [0.25, 0.3) is 0 Å². The van der Waals surface area contributed by atoms with E-state index in [0.717, 1.165) is 43.5 Å². The molecule has 7 nitrogen and oxygen atoms in total. The SMILES string of the molecule is CCCCCCCCCCCC(=O)Cn1cc(CCCc2cnc(N)[nH]2)nn1. The van der Waals surface area contributed by atoms with Crippen LogP contribution in [0.5, 0.6) is 0 Å². The maximum Gasteiger partial charge on any atom is 0.197 e. The van der Waals surface area contributed by atoms with Gasteiger partial charge in [0.2, 0.25) is 0 Å². The van der Waals surface area contributed by atoms with Gasteiger partial charge in [0.05, 0.1) is 11.9 Å². The molecule has 0 radical (unpaired) electrons. The van der Waals surface area contributed by atoms with Gasteiger partial charge in [-0.15, -0.1) is 5.10 Å². The molecule has 0 saturated heterocycles. The monoisotopic (exact) mass is 388 g/mol. The van der Waals surface area contributed by atoms with Crippen LogP contribution in [-0.4, -0.2) is 30.7 Å². The summed E-state index contributed by atoms with van der Waals surface area (Å²) in [5.41, 5.74) is 7.52. The summed E-state index contributed by atoms with van der Waals surface area (Å²) in [5.74, 6) is 0.693. The Hall–Kier alpha value is -2.18. The number of unbranched alkanes of at least 4 members (excludes halogenated alkanes) is 8. The van der Waals surface area contributed by atoms with Gasteiger partial charge in [-0.1, -0.05) is 63.5 Å². The zero-order valence-electron chi connectivity index (χ0n) is 17.3. The van der Waals surface area contributed by atoms with Crippen molar-refractivity contribution >= 4 is 11.7 Å². The number of H-pyrrole nitrogens is 1. The van der Waals surface area contributed by atoms with Crippen molar-refractivity contribution in [3.8, 4) is 0 Å². The molecule has 0 aliphatic carbocycles. The van der Waals surface area contributed by atoms with Gasteiger partial charge < -0.3 is 10.7 Å². The number of aromatic nitrogens is 5. The Labute approximate surface area is 168 Å². The van der Waals surface area contributed by atoms with E-state index in [9.17, 15) is 4.79 Å². The van der Waals surface area contributed by atoms with Crippen molar-refractivity contribution in [1.29, 1.82) is 0 Å². The highest BCUT2D eigenvalue weighted by Crippen LogP contribution is 2.11. The van der Waals surface area contributed by atoms with Crippen LogP contribution in [-0.2, 0) is 24.2 Å². The molecule has 3 N–H and O–H groups in total. The Morgan fingerprint density at radius 3 is 2.43 bits per heavy atom. The van der Waals surface area contributed by atoms with Crippen molar-refractivity contribution in [2.45, 2.75) is 96.9 Å². The number of hydrogen-bond acceptors (Lipinski definition) is 5. The van der Waals surface area contributed by atoms with Gasteiger partial charge in [0, 0.05) is 18.3 Å². The third-order valence-corrected chi connectivity index (χ3v) is 5.01. The van der Waals surface area contributed by atoms with E-state index in [4.69, 9.17) is 5.73 Å². The molecule has 0 saturated carbocycles. The molecular weight excluding hydrogens is 352 g/mol. The van der Waals surface area contributed by atoms with Crippen LogP contribution in [0.4, 0.5) is 5.95 Å². The van der Waals surface area contributed by atoms with Crippen molar-refractivity contribution < 1.29 is 4.79 Å². The fraction of sp³-hybridized carbons (Fsp3) is 0.714. The number of imidazole rings is 1. The summed E-state index contributed by atoms with van der Waals surface area (Å²) in [6.07, 6.45) is 18.3. The summed E-state index contributed by atoms with van der Waals surface area (Å²) in [6.45, 7) is 2.58. The lowest BCUT2D eigenvalue weighted by molar-refractivity contribution is -0.119. The lowest BCUT2D eigenvalue weighted by Crippen LogP contribution is -2.10. The standard InChI is InChI=1S/C21H36N6O/c1-2-3-4-5-6-7-8-9-10-14-20(28)17-27-16-19(25-26-27)13-11-12-18-15-23-21(22)24-18/h15-16H,2-14,17H2,1H3,(H3,22,23,24). The Balaban J connectivity index is 1.51. The predicted octanol–water partition coefficient (Wildman–Crippen LogP) is 4.25. The first-order valence-corrected chi connectivity index (χ1v) is 10.9. The summed E-state index contributed by atoms with van der Waals surface area (Å²) in [5, 5.41) is 8.25.